The molecule has 4 nitrogen and oxygen atoms in total. The Labute approximate surface area is 110 Å². The summed E-state index contributed by atoms with van der Waals surface area (Å²) in [5, 5.41) is 9.61. The van der Waals surface area contributed by atoms with Gasteiger partial charge in [0.2, 0.25) is 10.0 Å². The number of hydrogen-bond donors (Lipinski definition) is 2. The van der Waals surface area contributed by atoms with Crippen LogP contribution in [0.3, 0.4) is 0 Å². The largest absolute Gasteiger partial charge is 0.391 e. The minimum atomic E-state index is -3.54. The van der Waals surface area contributed by atoms with E-state index in [1.807, 2.05) is 0 Å². The predicted molar refractivity (Wildman–Crippen MR) is 68.0 cm³/mol. The van der Waals surface area contributed by atoms with Crippen molar-refractivity contribution in [2.75, 3.05) is 6.54 Å². The summed E-state index contributed by atoms with van der Waals surface area (Å²) in [7, 11) is -3.54. The van der Waals surface area contributed by atoms with Gasteiger partial charge in [-0.1, -0.05) is 11.6 Å². The molecule has 1 unspecified atom stereocenters. The molecule has 7 heteroatoms. The Hall–Kier alpha value is -0.140. The fourth-order valence-corrected chi connectivity index (χ4v) is 4.28. The first-order chi connectivity index (χ1) is 7.90. The number of thiophene rings is 1. The van der Waals surface area contributed by atoms with E-state index in [4.69, 9.17) is 11.6 Å². The summed E-state index contributed by atoms with van der Waals surface area (Å²) < 4.78 is 26.8. The minimum absolute atomic E-state index is 0.0710. The van der Waals surface area contributed by atoms with Gasteiger partial charge in [0.1, 0.15) is 4.21 Å². The van der Waals surface area contributed by atoms with Crippen molar-refractivity contribution in [1.29, 1.82) is 0 Å². The number of rotatable bonds is 5. The van der Waals surface area contributed by atoms with Crippen molar-refractivity contribution >= 4 is 33.0 Å². The third-order valence-electron chi connectivity index (χ3n) is 2.75. The molecule has 1 saturated carbocycles. The fourth-order valence-electron chi connectivity index (χ4n) is 1.48. The molecule has 0 aliphatic heterocycles. The number of aryl methyl sites for hydroxylation is 1. The number of hydrogen-bond acceptors (Lipinski definition) is 4. The van der Waals surface area contributed by atoms with Gasteiger partial charge in [-0.05, 0) is 37.3 Å². The summed E-state index contributed by atoms with van der Waals surface area (Å²) in [6.45, 7) is 1.83. The van der Waals surface area contributed by atoms with Crippen molar-refractivity contribution in [2.24, 2.45) is 5.92 Å². The maximum absolute atomic E-state index is 11.9. The molecule has 96 valence electrons. The normalized spacial score (nSPS) is 18.3. The first kappa shape index (κ1) is 13.3. The molecule has 1 aliphatic rings. The topological polar surface area (TPSA) is 66.4 Å². The highest BCUT2D eigenvalue weighted by Gasteiger charge is 2.30. The zero-order chi connectivity index (χ0) is 12.6. The molecule has 1 heterocycles. The van der Waals surface area contributed by atoms with Gasteiger partial charge in [0.25, 0.3) is 0 Å². The second kappa shape index (κ2) is 4.85. The van der Waals surface area contributed by atoms with Gasteiger partial charge in [-0.2, -0.15) is 0 Å². The van der Waals surface area contributed by atoms with Gasteiger partial charge >= 0.3 is 0 Å². The van der Waals surface area contributed by atoms with E-state index in [-0.39, 0.29) is 16.7 Å². The molecule has 1 fully saturated rings. The fraction of sp³-hybridized carbons (Fsp3) is 0.600. The average Bonchev–Trinajstić information content (AvgIpc) is 3.04. The lowest BCUT2D eigenvalue weighted by Crippen LogP contribution is -2.32. The number of nitrogens with one attached hydrogen (secondary N) is 1. The Balaban J connectivity index is 2.02. The van der Waals surface area contributed by atoms with E-state index < -0.39 is 16.1 Å². The number of aliphatic hydroxyl groups excluding tert-OH is 1. The van der Waals surface area contributed by atoms with E-state index >= 15 is 0 Å². The smallest absolute Gasteiger partial charge is 0.250 e. The highest BCUT2D eigenvalue weighted by atomic mass is 35.5. The molecule has 0 amide bonds. The van der Waals surface area contributed by atoms with Gasteiger partial charge in [-0.15, -0.1) is 11.3 Å². The van der Waals surface area contributed by atoms with E-state index in [1.165, 1.54) is 0 Å². The standard InChI is InChI=1S/C10H14ClNO3S2/c1-6-4-9(16-10(6)11)17(14,15)12-5-8(13)7-2-3-7/h4,7-8,12-13H,2-3,5H2,1H3. The first-order valence-electron chi connectivity index (χ1n) is 5.34. The second-order valence-electron chi connectivity index (χ2n) is 4.28. The minimum Gasteiger partial charge on any atom is -0.391 e. The van der Waals surface area contributed by atoms with Crippen molar-refractivity contribution in [1.82, 2.24) is 4.72 Å². The van der Waals surface area contributed by atoms with Crippen LogP contribution >= 0.6 is 22.9 Å². The highest BCUT2D eigenvalue weighted by molar-refractivity contribution is 7.91. The summed E-state index contributed by atoms with van der Waals surface area (Å²) >= 11 is 6.87. The lowest BCUT2D eigenvalue weighted by Gasteiger charge is -2.09. The third-order valence-corrected chi connectivity index (χ3v) is 6.20. The summed E-state index contributed by atoms with van der Waals surface area (Å²) in [4.78, 5) is 0. The SMILES string of the molecule is Cc1cc(S(=O)(=O)NCC(O)C2CC2)sc1Cl. The molecule has 1 atom stereocenters. The molecule has 0 saturated heterocycles. The molecular formula is C10H14ClNO3S2. The van der Waals surface area contributed by atoms with Crippen LogP contribution in [0.4, 0.5) is 0 Å². The van der Waals surface area contributed by atoms with Crippen LogP contribution in [0, 0.1) is 12.8 Å². The molecule has 0 spiro atoms. The van der Waals surface area contributed by atoms with Gasteiger partial charge in [0.15, 0.2) is 0 Å². The van der Waals surface area contributed by atoms with Gasteiger partial charge in [0.05, 0.1) is 10.4 Å². The van der Waals surface area contributed by atoms with Crippen LogP contribution < -0.4 is 4.72 Å². The van der Waals surface area contributed by atoms with Crippen LogP contribution in [0.15, 0.2) is 10.3 Å². The average molecular weight is 296 g/mol. The number of aliphatic hydroxyl groups is 1. The monoisotopic (exact) mass is 295 g/mol. The highest BCUT2D eigenvalue weighted by Crippen LogP contribution is 2.33. The van der Waals surface area contributed by atoms with Gasteiger partial charge in [0, 0.05) is 6.54 Å². The van der Waals surface area contributed by atoms with E-state index in [0.717, 1.165) is 29.7 Å². The lowest BCUT2D eigenvalue weighted by atomic mass is 10.2. The van der Waals surface area contributed by atoms with Gasteiger partial charge in [-0.3, -0.25) is 0 Å². The third kappa shape index (κ3) is 3.20. The first-order valence-corrected chi connectivity index (χ1v) is 8.01. The lowest BCUT2D eigenvalue weighted by molar-refractivity contribution is 0.155. The quantitative estimate of drug-likeness (QED) is 0.870. The van der Waals surface area contributed by atoms with Crippen molar-refractivity contribution in [3.63, 3.8) is 0 Å². The summed E-state index contributed by atoms with van der Waals surface area (Å²) in [5.41, 5.74) is 0.750. The molecule has 0 radical (unpaired) electrons. The summed E-state index contributed by atoms with van der Waals surface area (Å²) in [6, 6.07) is 1.54. The van der Waals surface area contributed by atoms with E-state index in [9.17, 15) is 13.5 Å². The molecule has 2 rings (SSSR count). The Morgan fingerprint density at radius 3 is 2.76 bits per heavy atom. The van der Waals surface area contributed by atoms with E-state index in [2.05, 4.69) is 4.72 Å². The van der Waals surface area contributed by atoms with Crippen LogP contribution in [-0.4, -0.2) is 26.2 Å². The van der Waals surface area contributed by atoms with Crippen molar-refractivity contribution in [2.45, 2.75) is 30.1 Å². The Morgan fingerprint density at radius 2 is 2.29 bits per heavy atom. The van der Waals surface area contributed by atoms with E-state index in [0.29, 0.717) is 4.34 Å². The maximum atomic E-state index is 11.9. The van der Waals surface area contributed by atoms with Crippen LogP contribution in [0.5, 0.6) is 0 Å². The van der Waals surface area contributed by atoms with Crippen molar-refractivity contribution in [3.05, 3.63) is 16.0 Å². The van der Waals surface area contributed by atoms with Gasteiger partial charge < -0.3 is 5.11 Å². The molecule has 0 bridgehead atoms. The van der Waals surface area contributed by atoms with E-state index in [1.54, 1.807) is 13.0 Å². The molecule has 1 aromatic rings. The summed E-state index contributed by atoms with van der Waals surface area (Å²) in [6.07, 6.45) is 1.38. The van der Waals surface area contributed by atoms with Crippen LogP contribution in [-0.2, 0) is 10.0 Å². The Morgan fingerprint density at radius 1 is 1.65 bits per heavy atom. The number of sulfonamides is 1. The number of halogens is 1. The maximum Gasteiger partial charge on any atom is 0.250 e. The zero-order valence-corrected chi connectivity index (χ0v) is 11.7. The molecular weight excluding hydrogens is 282 g/mol. The Bertz CT molecular complexity index is 488. The molecule has 17 heavy (non-hydrogen) atoms. The molecule has 1 aliphatic carbocycles. The second-order valence-corrected chi connectivity index (χ2v) is 7.93. The summed E-state index contributed by atoms with van der Waals surface area (Å²) in [5.74, 6) is 0.256. The van der Waals surface area contributed by atoms with Crippen LogP contribution in [0.2, 0.25) is 4.34 Å². The molecule has 2 N–H and O–H groups in total. The van der Waals surface area contributed by atoms with Crippen molar-refractivity contribution in [3.8, 4) is 0 Å². The zero-order valence-electron chi connectivity index (χ0n) is 9.31. The predicted octanol–water partition coefficient (Wildman–Crippen LogP) is 1.76. The molecule has 1 aromatic heterocycles. The van der Waals surface area contributed by atoms with Crippen LogP contribution in [0.1, 0.15) is 18.4 Å². The Kier molecular flexibility index (Phi) is 3.80. The molecule has 0 aromatic carbocycles. The van der Waals surface area contributed by atoms with Crippen LogP contribution in [0.25, 0.3) is 0 Å². The van der Waals surface area contributed by atoms with Crippen molar-refractivity contribution < 1.29 is 13.5 Å². The van der Waals surface area contributed by atoms with Gasteiger partial charge in [-0.25, -0.2) is 13.1 Å².